The Kier molecular flexibility index (Phi) is 6.87. The van der Waals surface area contributed by atoms with E-state index < -0.39 is 16.1 Å². The molecule has 0 aliphatic heterocycles. The summed E-state index contributed by atoms with van der Waals surface area (Å²) in [6, 6.07) is 1.50. The van der Waals surface area contributed by atoms with Crippen LogP contribution in [-0.4, -0.2) is 16.1 Å². The highest BCUT2D eigenvalue weighted by Gasteiger charge is 2.26. The van der Waals surface area contributed by atoms with E-state index in [0.29, 0.717) is 0 Å². The lowest BCUT2D eigenvalue weighted by molar-refractivity contribution is 0.758. The summed E-state index contributed by atoms with van der Waals surface area (Å²) < 4.78 is 0. The van der Waals surface area contributed by atoms with Crippen LogP contribution in [0.2, 0.25) is 44.3 Å². The normalized spacial score (nSPS) is 15.7. The van der Waals surface area contributed by atoms with Crippen molar-refractivity contribution in [1.82, 2.24) is 0 Å². The Hall–Kier alpha value is 0.174. The van der Waals surface area contributed by atoms with Crippen LogP contribution in [0.1, 0.15) is 33.1 Å². The number of rotatable bonds is 7. The van der Waals surface area contributed by atoms with Crippen LogP contribution in [0.5, 0.6) is 0 Å². The minimum Gasteiger partial charge on any atom is -0.0989 e. The van der Waals surface area contributed by atoms with Gasteiger partial charge in [0.1, 0.15) is 0 Å². The maximum Gasteiger partial charge on any atom is 0.0682 e. The van der Waals surface area contributed by atoms with E-state index in [4.69, 9.17) is 0 Å². The summed E-state index contributed by atoms with van der Waals surface area (Å²) in [6.45, 7) is 17.1. The van der Waals surface area contributed by atoms with Gasteiger partial charge in [-0.15, -0.1) is 0 Å². The Bertz CT molecular complexity index is 211. The van der Waals surface area contributed by atoms with E-state index in [1.54, 1.807) is 0 Å². The molecule has 0 aliphatic rings. The van der Waals surface area contributed by atoms with Gasteiger partial charge in [-0.25, -0.2) is 0 Å². The zero-order chi connectivity index (χ0) is 12.8. The van der Waals surface area contributed by atoms with Crippen LogP contribution >= 0.6 is 0 Å². The molecule has 0 amide bonds. The molecule has 96 valence electrons. The topological polar surface area (TPSA) is 0 Å². The van der Waals surface area contributed by atoms with E-state index in [1.165, 1.54) is 25.3 Å². The van der Waals surface area contributed by atoms with Crippen LogP contribution in [0.4, 0.5) is 0 Å². The number of hydrogen-bond donors (Lipinski definition) is 0. The summed E-state index contributed by atoms with van der Waals surface area (Å²) in [7, 11) is -2.00. The smallest absolute Gasteiger partial charge is 0.0682 e. The third-order valence-corrected chi connectivity index (χ3v) is 9.03. The summed E-state index contributed by atoms with van der Waals surface area (Å²) >= 11 is 0. The highest BCUT2D eigenvalue weighted by molar-refractivity contribution is 6.82. The fraction of sp³-hybridized carbons (Fsp3) is 0.857. The fourth-order valence-corrected chi connectivity index (χ4v) is 5.04. The van der Waals surface area contributed by atoms with Gasteiger partial charge in [-0.05, 0) is 5.54 Å². The van der Waals surface area contributed by atoms with Crippen LogP contribution in [0.15, 0.2) is 11.8 Å². The minimum absolute atomic E-state index is 0.844. The van der Waals surface area contributed by atoms with Crippen molar-refractivity contribution >= 4 is 16.1 Å². The first kappa shape index (κ1) is 16.2. The average Bonchev–Trinajstić information content (AvgIpc) is 2.13. The molecule has 0 aromatic rings. The van der Waals surface area contributed by atoms with Crippen molar-refractivity contribution in [2.75, 3.05) is 0 Å². The van der Waals surface area contributed by atoms with Crippen molar-refractivity contribution in [1.29, 1.82) is 0 Å². The lowest BCUT2D eigenvalue weighted by Gasteiger charge is -2.28. The molecule has 0 saturated carbocycles. The van der Waals surface area contributed by atoms with Gasteiger partial charge in [-0.3, -0.25) is 0 Å². The molecular weight excluding hydrogens is 224 g/mol. The van der Waals surface area contributed by atoms with E-state index in [2.05, 4.69) is 58.4 Å². The van der Waals surface area contributed by atoms with Gasteiger partial charge in [-0.1, -0.05) is 83.7 Å². The van der Waals surface area contributed by atoms with Gasteiger partial charge in [0.2, 0.25) is 0 Å². The second kappa shape index (κ2) is 6.80. The molecule has 0 aromatic heterocycles. The zero-order valence-electron chi connectivity index (χ0n) is 12.6. The highest BCUT2D eigenvalue weighted by atomic mass is 28.3. The van der Waals surface area contributed by atoms with Gasteiger partial charge in [0, 0.05) is 0 Å². The Morgan fingerprint density at radius 1 is 1.00 bits per heavy atom. The molecule has 0 aromatic carbocycles. The van der Waals surface area contributed by atoms with Gasteiger partial charge in [0.25, 0.3) is 0 Å². The van der Waals surface area contributed by atoms with Crippen LogP contribution in [-0.2, 0) is 0 Å². The number of hydrogen-bond acceptors (Lipinski definition) is 0. The summed E-state index contributed by atoms with van der Waals surface area (Å²) in [4.78, 5) is 0. The van der Waals surface area contributed by atoms with Crippen LogP contribution in [0.3, 0.4) is 0 Å². The quantitative estimate of drug-likeness (QED) is 0.404. The first-order valence-corrected chi connectivity index (χ1v) is 13.7. The molecule has 2 heteroatoms. The van der Waals surface area contributed by atoms with E-state index in [0.717, 1.165) is 5.54 Å². The van der Waals surface area contributed by atoms with E-state index >= 15 is 0 Å². The summed E-state index contributed by atoms with van der Waals surface area (Å²) in [5.74, 6) is 0. The Labute approximate surface area is 106 Å². The van der Waals surface area contributed by atoms with Crippen molar-refractivity contribution in [2.45, 2.75) is 77.4 Å². The second-order valence-corrected chi connectivity index (χ2v) is 17.4. The number of allylic oxidation sites excluding steroid dienone is 1. The van der Waals surface area contributed by atoms with Crippen molar-refractivity contribution in [3.05, 3.63) is 11.8 Å². The Morgan fingerprint density at radius 2 is 1.56 bits per heavy atom. The van der Waals surface area contributed by atoms with Crippen molar-refractivity contribution in [3.63, 3.8) is 0 Å². The molecular formula is C14H32Si2. The summed E-state index contributed by atoms with van der Waals surface area (Å²) in [5, 5.41) is 0. The first-order valence-electron chi connectivity index (χ1n) is 6.88. The number of unbranched alkanes of at least 4 members (excludes halogenated alkanes) is 2. The predicted molar refractivity (Wildman–Crippen MR) is 83.7 cm³/mol. The largest absolute Gasteiger partial charge is 0.0989 e. The third kappa shape index (κ3) is 7.45. The third-order valence-electron chi connectivity index (χ3n) is 3.54. The molecule has 0 rings (SSSR count). The lowest BCUT2D eigenvalue weighted by Crippen LogP contribution is -2.30. The van der Waals surface area contributed by atoms with Gasteiger partial charge in [-0.2, -0.15) is 0 Å². The van der Waals surface area contributed by atoms with Gasteiger partial charge in [0.05, 0.1) is 16.1 Å². The molecule has 0 radical (unpaired) electrons. The van der Waals surface area contributed by atoms with Crippen molar-refractivity contribution in [3.8, 4) is 0 Å². The molecule has 0 nitrogen and oxygen atoms in total. The lowest BCUT2D eigenvalue weighted by atomic mass is 10.3. The molecule has 1 unspecified atom stereocenters. The maximum absolute atomic E-state index is 2.56. The van der Waals surface area contributed by atoms with Gasteiger partial charge >= 0.3 is 0 Å². The van der Waals surface area contributed by atoms with Crippen LogP contribution in [0, 0.1) is 0 Å². The molecule has 0 N–H and O–H groups in total. The van der Waals surface area contributed by atoms with E-state index in [9.17, 15) is 0 Å². The van der Waals surface area contributed by atoms with Crippen LogP contribution in [0.25, 0.3) is 0 Å². The maximum atomic E-state index is 2.56. The Balaban J connectivity index is 4.23. The molecule has 0 spiro atoms. The fourth-order valence-electron chi connectivity index (χ4n) is 1.75. The molecule has 0 fully saturated rings. The summed E-state index contributed by atoms with van der Waals surface area (Å²) in [5.41, 5.74) is 3.38. The Morgan fingerprint density at radius 3 is 2.00 bits per heavy atom. The standard InChI is InChI=1S/C14H32Si2/c1-8-9-10-12-16(6,7)14(2)11-13-15(3,4)5/h11,13-14H,8-10,12H2,1-7H3. The van der Waals surface area contributed by atoms with E-state index in [-0.39, 0.29) is 0 Å². The monoisotopic (exact) mass is 256 g/mol. The second-order valence-electron chi connectivity index (χ2n) is 6.96. The first-order chi connectivity index (χ1) is 7.19. The van der Waals surface area contributed by atoms with Gasteiger partial charge < -0.3 is 0 Å². The molecule has 16 heavy (non-hydrogen) atoms. The minimum atomic E-state index is -1.01. The molecule has 0 saturated heterocycles. The molecule has 0 heterocycles. The molecule has 1 atom stereocenters. The van der Waals surface area contributed by atoms with Crippen molar-refractivity contribution < 1.29 is 0 Å². The van der Waals surface area contributed by atoms with Gasteiger partial charge in [0.15, 0.2) is 0 Å². The zero-order valence-corrected chi connectivity index (χ0v) is 14.6. The molecule has 0 bridgehead atoms. The molecule has 0 aliphatic carbocycles. The SMILES string of the molecule is CCCCC[Si](C)(C)C(C)C=C[Si](C)(C)C. The van der Waals surface area contributed by atoms with Crippen molar-refractivity contribution in [2.24, 2.45) is 0 Å². The van der Waals surface area contributed by atoms with Crippen LogP contribution < -0.4 is 0 Å². The summed E-state index contributed by atoms with van der Waals surface area (Å²) in [6.07, 6.45) is 6.75. The predicted octanol–water partition coefficient (Wildman–Crippen LogP) is 5.71. The highest BCUT2D eigenvalue weighted by Crippen LogP contribution is 2.29. The van der Waals surface area contributed by atoms with E-state index in [1.807, 2.05) is 0 Å². The average molecular weight is 257 g/mol.